The molecular weight excluding hydrogens is 695 g/mol. The topological polar surface area (TPSA) is 126 Å². The maximum absolute atomic E-state index is 13.7. The maximum Gasteiger partial charge on any atom is 0.387 e. The molecule has 2 fully saturated rings. The predicted octanol–water partition coefficient (Wildman–Crippen LogP) is 6.00. The number of carbonyl (C=O) groups is 1. The molecule has 11 nitrogen and oxygen atoms in total. The van der Waals surface area contributed by atoms with Crippen LogP contribution in [0.3, 0.4) is 0 Å². The van der Waals surface area contributed by atoms with Crippen molar-refractivity contribution < 1.29 is 45.7 Å². The van der Waals surface area contributed by atoms with Crippen LogP contribution in [0.1, 0.15) is 40.4 Å². The van der Waals surface area contributed by atoms with Crippen molar-refractivity contribution in [3.8, 4) is 17.2 Å². The van der Waals surface area contributed by atoms with Gasteiger partial charge in [0.15, 0.2) is 11.5 Å². The lowest BCUT2D eigenvalue weighted by atomic mass is 10.0. The molecule has 16 heteroatoms. The molecule has 2 heterocycles. The number of sulfonamides is 1. The summed E-state index contributed by atoms with van der Waals surface area (Å²) in [7, 11) is -2.45. The van der Waals surface area contributed by atoms with E-state index >= 15 is 0 Å². The maximum atomic E-state index is 13.7. The summed E-state index contributed by atoms with van der Waals surface area (Å²) in [5.74, 6) is -0.591. The largest absolute Gasteiger partial charge is 0.495 e. The van der Waals surface area contributed by atoms with Gasteiger partial charge >= 0.3 is 12.6 Å². The molecule has 0 radical (unpaired) electrons. The highest BCUT2D eigenvalue weighted by Gasteiger charge is 2.27. The van der Waals surface area contributed by atoms with E-state index < -0.39 is 28.7 Å². The lowest BCUT2D eigenvalue weighted by Crippen LogP contribution is -2.39. The Morgan fingerprint density at radius 3 is 2.44 bits per heavy atom. The normalized spacial score (nSPS) is 16.0. The number of pyridine rings is 1. The Labute approximate surface area is 287 Å². The van der Waals surface area contributed by atoms with Crippen LogP contribution < -0.4 is 18.9 Å². The molecule has 1 aliphatic carbocycles. The van der Waals surface area contributed by atoms with Crippen LogP contribution in [0.15, 0.2) is 48.8 Å². The van der Waals surface area contributed by atoms with Crippen LogP contribution in [0.25, 0.3) is 0 Å². The van der Waals surface area contributed by atoms with Crippen LogP contribution in [0, 0.1) is 5.92 Å². The number of carbonyl (C=O) groups excluding carboxylic acids is 1. The van der Waals surface area contributed by atoms with Crippen LogP contribution in [0.5, 0.6) is 17.2 Å². The number of morpholine rings is 1. The van der Waals surface area contributed by atoms with Gasteiger partial charge in [-0.15, -0.1) is 0 Å². The molecule has 0 bridgehead atoms. The van der Waals surface area contributed by atoms with Gasteiger partial charge in [-0.3, -0.25) is 14.6 Å². The van der Waals surface area contributed by atoms with Gasteiger partial charge in [-0.1, -0.05) is 29.3 Å². The number of hydrogen-bond acceptors (Lipinski definition) is 10. The van der Waals surface area contributed by atoms with E-state index in [9.17, 15) is 22.0 Å². The van der Waals surface area contributed by atoms with Crippen LogP contribution in [-0.2, 0) is 25.9 Å². The van der Waals surface area contributed by atoms with Crippen molar-refractivity contribution in [2.24, 2.45) is 5.92 Å². The second-order valence-electron chi connectivity index (χ2n) is 11.3. The first-order chi connectivity index (χ1) is 23.0. The number of benzene rings is 2. The number of rotatable bonds is 16. The lowest BCUT2D eigenvalue weighted by molar-refractivity contribution is -0.0515. The first-order valence-electron chi connectivity index (χ1n) is 15.2. The van der Waals surface area contributed by atoms with Crippen LogP contribution >= 0.6 is 23.2 Å². The molecule has 1 aromatic heterocycles. The molecule has 0 unspecified atom stereocenters. The molecule has 1 saturated heterocycles. The van der Waals surface area contributed by atoms with Crippen molar-refractivity contribution in [3.63, 3.8) is 0 Å². The van der Waals surface area contributed by atoms with E-state index in [1.807, 2.05) is 4.90 Å². The van der Waals surface area contributed by atoms with Gasteiger partial charge in [-0.2, -0.15) is 8.78 Å². The molecule has 5 rings (SSSR count). The van der Waals surface area contributed by atoms with Crippen molar-refractivity contribution in [3.05, 3.63) is 75.5 Å². The Kier molecular flexibility index (Phi) is 12.2. The van der Waals surface area contributed by atoms with E-state index in [1.54, 1.807) is 0 Å². The van der Waals surface area contributed by atoms with Crippen LogP contribution in [-0.4, -0.2) is 83.2 Å². The molecule has 2 aromatic carbocycles. The summed E-state index contributed by atoms with van der Waals surface area (Å²) in [6.07, 6.45) is 3.67. The molecule has 0 amide bonds. The van der Waals surface area contributed by atoms with E-state index in [0.29, 0.717) is 56.5 Å². The number of alkyl halides is 2. The molecule has 260 valence electrons. The summed E-state index contributed by atoms with van der Waals surface area (Å²) in [4.78, 5) is 19.6. The van der Waals surface area contributed by atoms with Gasteiger partial charge in [-0.05, 0) is 60.2 Å². The zero-order valence-electron chi connectivity index (χ0n) is 26.0. The highest BCUT2D eigenvalue weighted by molar-refractivity contribution is 7.92. The van der Waals surface area contributed by atoms with Gasteiger partial charge < -0.3 is 23.7 Å². The number of aromatic nitrogens is 1. The molecular formula is C32H35Cl2F2N3O8S. The van der Waals surface area contributed by atoms with Gasteiger partial charge in [0.25, 0.3) is 0 Å². The summed E-state index contributed by atoms with van der Waals surface area (Å²) in [6, 6.07) is 8.47. The molecule has 3 aromatic rings. The summed E-state index contributed by atoms with van der Waals surface area (Å²) >= 11 is 12.8. The van der Waals surface area contributed by atoms with Crippen molar-refractivity contribution in [2.75, 3.05) is 57.0 Å². The number of esters is 1. The van der Waals surface area contributed by atoms with E-state index in [4.69, 9.17) is 42.1 Å². The third-order valence-electron chi connectivity index (χ3n) is 7.80. The highest BCUT2D eigenvalue weighted by Crippen LogP contribution is 2.38. The number of nitrogens with one attached hydrogen (secondary N) is 1. The zero-order chi connectivity index (χ0) is 34.3. The molecule has 0 spiro atoms. The number of methoxy groups -OCH3 is 1. The molecule has 1 N–H and O–H groups in total. The Bertz CT molecular complexity index is 1670. The van der Waals surface area contributed by atoms with Crippen molar-refractivity contribution in [2.45, 2.75) is 32.0 Å². The van der Waals surface area contributed by atoms with Crippen LogP contribution in [0.2, 0.25) is 10.0 Å². The standard InChI is InChI=1S/C32H35Cl2F2N3O8S/c1-43-27-6-5-22(14-26(27)38-48(41,42)13-10-39-8-11-44-12-9-39)31(40)46-29(16-23-24(33)17-37-18-25(23)34)21-4-7-28(47-32(35)36)30(15-21)45-19-20-2-3-20/h4-7,14-15,17-18,20,29,32,38H,2-3,8-13,16,19H2,1H3/t29-/m0/s1. The van der Waals surface area contributed by atoms with Crippen LogP contribution in [0.4, 0.5) is 14.5 Å². The predicted molar refractivity (Wildman–Crippen MR) is 175 cm³/mol. The Morgan fingerprint density at radius 2 is 1.77 bits per heavy atom. The van der Waals surface area contributed by atoms with Crippen molar-refractivity contribution in [1.29, 1.82) is 0 Å². The second kappa shape index (κ2) is 16.3. The SMILES string of the molecule is COc1ccc(C(=O)O[C@@H](Cc2c(Cl)cncc2Cl)c2ccc(OC(F)F)c(OCC3CC3)c2)cc1NS(=O)(=O)CCN1CCOCC1. The zero-order valence-corrected chi connectivity index (χ0v) is 28.3. The lowest BCUT2D eigenvalue weighted by Gasteiger charge is -2.26. The summed E-state index contributed by atoms with van der Waals surface area (Å²) in [5, 5.41) is 0.453. The minimum absolute atomic E-state index is 0.0137. The van der Waals surface area contributed by atoms with E-state index in [-0.39, 0.29) is 50.7 Å². The molecule has 1 saturated carbocycles. The van der Waals surface area contributed by atoms with Gasteiger partial charge in [0.2, 0.25) is 10.0 Å². The molecule has 1 atom stereocenters. The first kappa shape index (κ1) is 35.9. The van der Waals surface area contributed by atoms with Gasteiger partial charge in [0, 0.05) is 38.4 Å². The average Bonchev–Trinajstić information content (AvgIpc) is 3.89. The monoisotopic (exact) mass is 729 g/mol. The third kappa shape index (κ3) is 10.0. The highest BCUT2D eigenvalue weighted by atomic mass is 35.5. The quantitative estimate of drug-likeness (QED) is 0.176. The summed E-state index contributed by atoms with van der Waals surface area (Å²) < 4.78 is 82.1. The van der Waals surface area contributed by atoms with Gasteiger partial charge in [0.05, 0.1) is 54.0 Å². The van der Waals surface area contributed by atoms with Crippen molar-refractivity contribution in [1.82, 2.24) is 9.88 Å². The van der Waals surface area contributed by atoms with Gasteiger partial charge in [0.1, 0.15) is 11.9 Å². The Hall–Kier alpha value is -3.43. The number of ether oxygens (including phenoxy) is 5. The fraction of sp³-hybridized carbons (Fsp3) is 0.438. The van der Waals surface area contributed by atoms with Crippen molar-refractivity contribution >= 4 is 44.9 Å². The second-order valence-corrected chi connectivity index (χ2v) is 14.0. The number of halogens is 4. The summed E-state index contributed by atoms with van der Waals surface area (Å²) in [5.41, 5.74) is 0.886. The minimum Gasteiger partial charge on any atom is -0.495 e. The van der Waals surface area contributed by atoms with E-state index in [0.717, 1.165) is 12.8 Å². The van der Waals surface area contributed by atoms with E-state index in [2.05, 4.69) is 14.4 Å². The number of nitrogens with zero attached hydrogens (tertiary/aromatic N) is 2. The van der Waals surface area contributed by atoms with E-state index in [1.165, 1.54) is 55.9 Å². The van der Waals surface area contributed by atoms with Gasteiger partial charge in [-0.25, -0.2) is 13.2 Å². The molecule has 1 aliphatic heterocycles. The number of hydrogen-bond donors (Lipinski definition) is 1. The minimum atomic E-state index is -3.83. The third-order valence-corrected chi connectivity index (χ3v) is 9.70. The molecule has 48 heavy (non-hydrogen) atoms. The number of anilines is 1. The average molecular weight is 731 g/mol. The fourth-order valence-electron chi connectivity index (χ4n) is 4.97. The Morgan fingerprint density at radius 1 is 1.06 bits per heavy atom. The smallest absolute Gasteiger partial charge is 0.387 e. The Balaban J connectivity index is 1.41. The first-order valence-corrected chi connectivity index (χ1v) is 17.6. The molecule has 2 aliphatic rings. The summed E-state index contributed by atoms with van der Waals surface area (Å²) in [6.45, 7) is -0.128. The fourth-order valence-corrected chi connectivity index (χ4v) is 6.59.